The molecule has 1 aliphatic rings. The standard InChI is InChI=1S/C9H10N2O/c1-2-9(12-7-1)4-3-8-5-6-10-11-8/h2-6H,1,7H2,(H,10,11)/b4-3+. The minimum Gasteiger partial charge on any atom is -0.494 e. The highest BCUT2D eigenvalue weighted by atomic mass is 16.5. The molecule has 1 aliphatic heterocycles. The normalized spacial score (nSPS) is 16.5. The molecule has 0 radical (unpaired) electrons. The molecule has 0 fully saturated rings. The van der Waals surface area contributed by atoms with Crippen LogP contribution in [0.1, 0.15) is 12.1 Å². The third kappa shape index (κ3) is 1.56. The molecular weight excluding hydrogens is 152 g/mol. The minimum absolute atomic E-state index is 0.806. The van der Waals surface area contributed by atoms with Gasteiger partial charge in [-0.25, -0.2) is 0 Å². The number of rotatable bonds is 2. The van der Waals surface area contributed by atoms with Crippen molar-refractivity contribution in [1.29, 1.82) is 0 Å². The van der Waals surface area contributed by atoms with Gasteiger partial charge in [0.25, 0.3) is 0 Å². The zero-order valence-electron chi connectivity index (χ0n) is 6.66. The van der Waals surface area contributed by atoms with Gasteiger partial charge in [0.2, 0.25) is 0 Å². The molecule has 62 valence electrons. The highest BCUT2D eigenvalue weighted by molar-refractivity contribution is 5.47. The van der Waals surface area contributed by atoms with Crippen LogP contribution in [0.15, 0.2) is 30.2 Å². The molecule has 3 nitrogen and oxygen atoms in total. The second kappa shape index (κ2) is 3.26. The van der Waals surface area contributed by atoms with Gasteiger partial charge < -0.3 is 4.74 Å². The fraction of sp³-hybridized carbons (Fsp3) is 0.222. The largest absolute Gasteiger partial charge is 0.494 e. The molecule has 1 aromatic heterocycles. The SMILES string of the molecule is C1=C(/C=C/c2cc[nH]n2)OCC1. The second-order valence-corrected chi connectivity index (χ2v) is 2.58. The van der Waals surface area contributed by atoms with Gasteiger partial charge in [-0.1, -0.05) is 0 Å². The van der Waals surface area contributed by atoms with E-state index >= 15 is 0 Å². The Morgan fingerprint density at radius 1 is 1.50 bits per heavy atom. The van der Waals surface area contributed by atoms with Crippen LogP contribution in [0.5, 0.6) is 0 Å². The van der Waals surface area contributed by atoms with E-state index in [-0.39, 0.29) is 0 Å². The smallest absolute Gasteiger partial charge is 0.115 e. The van der Waals surface area contributed by atoms with Gasteiger partial charge in [0.05, 0.1) is 12.3 Å². The molecule has 2 rings (SSSR count). The number of aromatic nitrogens is 2. The van der Waals surface area contributed by atoms with Crippen molar-refractivity contribution in [3.8, 4) is 0 Å². The molecule has 0 atom stereocenters. The van der Waals surface area contributed by atoms with E-state index in [1.54, 1.807) is 6.20 Å². The summed E-state index contributed by atoms with van der Waals surface area (Å²) in [5.74, 6) is 0.943. The first-order chi connectivity index (χ1) is 5.95. The molecule has 3 heteroatoms. The molecule has 0 saturated carbocycles. The van der Waals surface area contributed by atoms with Crippen molar-refractivity contribution in [3.63, 3.8) is 0 Å². The molecule has 1 aromatic rings. The van der Waals surface area contributed by atoms with Crippen molar-refractivity contribution in [2.75, 3.05) is 6.61 Å². The molecule has 0 unspecified atom stereocenters. The fourth-order valence-corrected chi connectivity index (χ4v) is 1.09. The Bertz CT molecular complexity index is 298. The van der Waals surface area contributed by atoms with Crippen LogP contribution in [0.3, 0.4) is 0 Å². The van der Waals surface area contributed by atoms with E-state index in [9.17, 15) is 0 Å². The summed E-state index contributed by atoms with van der Waals surface area (Å²) in [6.45, 7) is 0.806. The Morgan fingerprint density at radius 3 is 3.17 bits per heavy atom. The van der Waals surface area contributed by atoms with Crippen LogP contribution in [0.2, 0.25) is 0 Å². The Hall–Kier alpha value is -1.51. The molecule has 12 heavy (non-hydrogen) atoms. The summed E-state index contributed by atoms with van der Waals surface area (Å²) in [5, 5.41) is 6.73. The molecule has 0 aromatic carbocycles. The number of allylic oxidation sites excluding steroid dienone is 1. The van der Waals surface area contributed by atoms with Crippen LogP contribution in [0.25, 0.3) is 6.08 Å². The maximum Gasteiger partial charge on any atom is 0.115 e. The first-order valence-corrected chi connectivity index (χ1v) is 3.96. The van der Waals surface area contributed by atoms with Gasteiger partial charge in [0.1, 0.15) is 5.76 Å². The predicted octanol–water partition coefficient (Wildman–Crippen LogP) is 1.73. The van der Waals surface area contributed by atoms with Crippen LogP contribution < -0.4 is 0 Å². The lowest BCUT2D eigenvalue weighted by Crippen LogP contribution is -1.80. The highest BCUT2D eigenvalue weighted by Gasteiger charge is 1.99. The van der Waals surface area contributed by atoms with E-state index in [0.717, 1.165) is 24.5 Å². The molecule has 0 spiro atoms. The van der Waals surface area contributed by atoms with Crippen molar-refractivity contribution < 1.29 is 4.74 Å². The third-order valence-electron chi connectivity index (χ3n) is 1.67. The van der Waals surface area contributed by atoms with E-state index in [2.05, 4.69) is 16.3 Å². The summed E-state index contributed by atoms with van der Waals surface area (Å²) >= 11 is 0. The number of nitrogens with zero attached hydrogens (tertiary/aromatic N) is 1. The number of aromatic amines is 1. The Morgan fingerprint density at radius 2 is 2.50 bits per heavy atom. The highest BCUT2D eigenvalue weighted by Crippen LogP contribution is 2.11. The van der Waals surface area contributed by atoms with E-state index in [0.29, 0.717) is 0 Å². The molecule has 1 N–H and O–H groups in total. The molecule has 0 amide bonds. The average molecular weight is 162 g/mol. The van der Waals surface area contributed by atoms with Crippen LogP contribution >= 0.6 is 0 Å². The van der Waals surface area contributed by atoms with Crippen LogP contribution in [0, 0.1) is 0 Å². The predicted molar refractivity (Wildman–Crippen MR) is 46.3 cm³/mol. The van der Waals surface area contributed by atoms with Crippen molar-refractivity contribution >= 4 is 6.08 Å². The summed E-state index contributed by atoms with van der Waals surface area (Å²) in [7, 11) is 0. The number of hydrogen-bond acceptors (Lipinski definition) is 2. The average Bonchev–Trinajstić information content (AvgIpc) is 2.74. The fourth-order valence-electron chi connectivity index (χ4n) is 1.09. The molecule has 2 heterocycles. The first-order valence-electron chi connectivity index (χ1n) is 3.96. The maximum absolute atomic E-state index is 5.29. The summed E-state index contributed by atoms with van der Waals surface area (Å²) in [5.41, 5.74) is 0.923. The summed E-state index contributed by atoms with van der Waals surface area (Å²) in [6.07, 6.45) is 8.74. The van der Waals surface area contributed by atoms with Gasteiger partial charge in [-0.15, -0.1) is 0 Å². The lowest BCUT2D eigenvalue weighted by atomic mass is 10.3. The van der Waals surface area contributed by atoms with Crippen molar-refractivity contribution in [1.82, 2.24) is 10.2 Å². The van der Waals surface area contributed by atoms with E-state index in [1.807, 2.05) is 18.2 Å². The first kappa shape index (κ1) is 7.16. The Kier molecular flexibility index (Phi) is 1.94. The summed E-state index contributed by atoms with van der Waals surface area (Å²) in [4.78, 5) is 0. The summed E-state index contributed by atoms with van der Waals surface area (Å²) < 4.78 is 5.29. The molecule has 0 bridgehead atoms. The topological polar surface area (TPSA) is 37.9 Å². The number of nitrogens with one attached hydrogen (secondary N) is 1. The molecular formula is C9H10N2O. The van der Waals surface area contributed by atoms with E-state index in [1.165, 1.54) is 0 Å². The molecule has 0 saturated heterocycles. The second-order valence-electron chi connectivity index (χ2n) is 2.58. The van der Waals surface area contributed by atoms with Crippen molar-refractivity contribution in [3.05, 3.63) is 35.9 Å². The third-order valence-corrected chi connectivity index (χ3v) is 1.67. The van der Waals surface area contributed by atoms with Gasteiger partial charge in [-0.05, 0) is 24.3 Å². The number of hydrogen-bond donors (Lipinski definition) is 1. The lowest BCUT2D eigenvalue weighted by Gasteiger charge is -1.93. The van der Waals surface area contributed by atoms with E-state index < -0.39 is 0 Å². The zero-order valence-corrected chi connectivity index (χ0v) is 6.66. The summed E-state index contributed by atoms with van der Waals surface area (Å²) in [6, 6.07) is 1.91. The Balaban J connectivity index is 2.02. The minimum atomic E-state index is 0.806. The van der Waals surface area contributed by atoms with Crippen LogP contribution in [-0.4, -0.2) is 16.8 Å². The Labute approximate surface area is 70.7 Å². The van der Waals surface area contributed by atoms with Gasteiger partial charge in [-0.3, -0.25) is 5.10 Å². The van der Waals surface area contributed by atoms with Gasteiger partial charge >= 0.3 is 0 Å². The van der Waals surface area contributed by atoms with Crippen molar-refractivity contribution in [2.24, 2.45) is 0 Å². The van der Waals surface area contributed by atoms with Gasteiger partial charge in [0, 0.05) is 12.6 Å². The lowest BCUT2D eigenvalue weighted by molar-refractivity contribution is 0.257. The number of ether oxygens (including phenoxy) is 1. The van der Waals surface area contributed by atoms with Crippen LogP contribution in [-0.2, 0) is 4.74 Å². The number of H-pyrrole nitrogens is 1. The van der Waals surface area contributed by atoms with Crippen molar-refractivity contribution in [2.45, 2.75) is 6.42 Å². The monoisotopic (exact) mass is 162 g/mol. The van der Waals surface area contributed by atoms with E-state index in [4.69, 9.17) is 4.74 Å². The van der Waals surface area contributed by atoms with Gasteiger partial charge in [-0.2, -0.15) is 5.10 Å². The van der Waals surface area contributed by atoms with Gasteiger partial charge in [0.15, 0.2) is 0 Å². The quantitative estimate of drug-likeness (QED) is 0.719. The zero-order chi connectivity index (χ0) is 8.23. The van der Waals surface area contributed by atoms with Crippen LogP contribution in [0.4, 0.5) is 0 Å². The maximum atomic E-state index is 5.29. The molecule has 0 aliphatic carbocycles.